The van der Waals surface area contributed by atoms with Crippen LogP contribution in [0.4, 0.5) is 0 Å². The van der Waals surface area contributed by atoms with Crippen LogP contribution >= 0.6 is 0 Å². The zero-order valence-corrected chi connectivity index (χ0v) is 10.7. The maximum atomic E-state index is 10.9. The van der Waals surface area contributed by atoms with Crippen LogP contribution in [-0.4, -0.2) is 10.7 Å². The lowest BCUT2D eigenvalue weighted by atomic mass is 9.50. The van der Waals surface area contributed by atoms with E-state index in [0.29, 0.717) is 5.41 Å². The third-order valence-electron chi connectivity index (χ3n) is 6.32. The van der Waals surface area contributed by atoms with E-state index < -0.39 is 5.60 Å². The molecule has 0 amide bonds. The number of hydrogen-bond acceptors (Lipinski definition) is 1. The Balaban J connectivity index is 2.15. The highest BCUT2D eigenvalue weighted by atomic mass is 16.3. The Morgan fingerprint density at radius 2 is 2.00 bits per heavy atom. The second-order valence-electron chi connectivity index (χ2n) is 6.91. The van der Waals surface area contributed by atoms with E-state index >= 15 is 0 Å². The number of hydrogen-bond donors (Lipinski definition) is 1. The van der Waals surface area contributed by atoms with Gasteiger partial charge >= 0.3 is 0 Å². The predicted molar refractivity (Wildman–Crippen MR) is 66.1 cm³/mol. The Hall–Kier alpha value is -0.300. The minimum Gasteiger partial charge on any atom is -0.389 e. The average molecular weight is 220 g/mol. The summed E-state index contributed by atoms with van der Waals surface area (Å²) in [7, 11) is 0. The second-order valence-corrected chi connectivity index (χ2v) is 6.91. The normalized spacial score (nSPS) is 56.2. The van der Waals surface area contributed by atoms with Crippen LogP contribution in [0.25, 0.3) is 0 Å². The topological polar surface area (TPSA) is 20.2 Å². The maximum absolute atomic E-state index is 10.9. The third-order valence-corrected chi connectivity index (χ3v) is 6.32. The minimum absolute atomic E-state index is 0.223. The molecule has 1 N–H and O–H groups in total. The molecule has 0 bridgehead atoms. The predicted octanol–water partition coefficient (Wildman–Crippen LogP) is 3.67. The molecule has 3 aliphatic rings. The fraction of sp³-hybridized carbons (Fsp3) is 0.867. The summed E-state index contributed by atoms with van der Waals surface area (Å²) in [5, 5.41) is 10.9. The largest absolute Gasteiger partial charge is 0.389 e. The van der Waals surface area contributed by atoms with Crippen molar-refractivity contribution in [1.82, 2.24) is 0 Å². The Morgan fingerprint density at radius 3 is 2.75 bits per heavy atom. The molecule has 2 unspecified atom stereocenters. The van der Waals surface area contributed by atoms with Gasteiger partial charge in [0.2, 0.25) is 0 Å². The highest BCUT2D eigenvalue weighted by molar-refractivity contribution is 5.26. The van der Waals surface area contributed by atoms with E-state index in [1.54, 1.807) is 0 Å². The molecule has 0 aliphatic heterocycles. The van der Waals surface area contributed by atoms with Gasteiger partial charge in [0.25, 0.3) is 0 Å². The van der Waals surface area contributed by atoms with Gasteiger partial charge in [0.1, 0.15) is 0 Å². The molecule has 0 aromatic heterocycles. The van der Waals surface area contributed by atoms with Gasteiger partial charge in [-0.25, -0.2) is 0 Å². The molecular weight excluding hydrogens is 196 g/mol. The molecule has 16 heavy (non-hydrogen) atoms. The van der Waals surface area contributed by atoms with Crippen molar-refractivity contribution in [3.05, 3.63) is 12.2 Å². The molecule has 0 saturated heterocycles. The number of rotatable bonds is 0. The van der Waals surface area contributed by atoms with Gasteiger partial charge in [-0.1, -0.05) is 25.5 Å². The summed E-state index contributed by atoms with van der Waals surface area (Å²) >= 11 is 0. The van der Waals surface area contributed by atoms with Crippen molar-refractivity contribution in [2.75, 3.05) is 0 Å². The molecule has 1 nitrogen and oxygen atoms in total. The van der Waals surface area contributed by atoms with Crippen LogP contribution in [0.5, 0.6) is 0 Å². The quantitative estimate of drug-likeness (QED) is 0.617. The highest BCUT2D eigenvalue weighted by Gasteiger charge is 2.69. The van der Waals surface area contributed by atoms with Crippen molar-refractivity contribution in [2.45, 2.75) is 64.4 Å². The van der Waals surface area contributed by atoms with Gasteiger partial charge in [-0.3, -0.25) is 0 Å². The lowest BCUT2D eigenvalue weighted by Gasteiger charge is -2.56. The van der Waals surface area contributed by atoms with E-state index in [2.05, 4.69) is 20.4 Å². The van der Waals surface area contributed by atoms with Gasteiger partial charge < -0.3 is 5.11 Å². The van der Waals surface area contributed by atoms with Gasteiger partial charge in [-0.05, 0) is 56.8 Å². The van der Waals surface area contributed by atoms with E-state index in [1.165, 1.54) is 44.1 Å². The van der Waals surface area contributed by atoms with Crippen LogP contribution in [-0.2, 0) is 0 Å². The van der Waals surface area contributed by atoms with Crippen molar-refractivity contribution in [3.8, 4) is 0 Å². The third kappa shape index (κ3) is 0.971. The first-order valence-electron chi connectivity index (χ1n) is 6.83. The first-order valence-corrected chi connectivity index (χ1v) is 6.83. The summed E-state index contributed by atoms with van der Waals surface area (Å²) < 4.78 is 0. The van der Waals surface area contributed by atoms with Gasteiger partial charge in [0, 0.05) is 5.41 Å². The van der Waals surface area contributed by atoms with E-state index in [9.17, 15) is 5.11 Å². The molecule has 3 aliphatic carbocycles. The van der Waals surface area contributed by atoms with Crippen molar-refractivity contribution in [1.29, 1.82) is 0 Å². The molecule has 0 aromatic carbocycles. The first-order chi connectivity index (χ1) is 7.44. The van der Waals surface area contributed by atoms with Crippen LogP contribution in [0.3, 0.4) is 0 Å². The SMILES string of the molecule is C=C1CC(C)(O)[C@@]23CCC[C@]2(C1)C(C)CC3. The molecule has 3 fully saturated rings. The second kappa shape index (κ2) is 2.93. The van der Waals surface area contributed by atoms with Crippen molar-refractivity contribution < 1.29 is 5.11 Å². The smallest absolute Gasteiger partial charge is 0.0718 e. The van der Waals surface area contributed by atoms with Gasteiger partial charge in [-0.2, -0.15) is 0 Å². The lowest BCUT2D eigenvalue weighted by Crippen LogP contribution is -2.55. The Kier molecular flexibility index (Phi) is 1.98. The average Bonchev–Trinajstić information content (AvgIpc) is 2.64. The Bertz CT molecular complexity index is 343. The maximum Gasteiger partial charge on any atom is 0.0718 e. The molecule has 4 atom stereocenters. The van der Waals surface area contributed by atoms with Crippen LogP contribution in [0.1, 0.15) is 58.8 Å². The molecule has 0 aromatic rings. The fourth-order valence-electron chi connectivity index (χ4n) is 5.70. The summed E-state index contributed by atoms with van der Waals surface area (Å²) in [5.41, 5.74) is 1.41. The van der Waals surface area contributed by atoms with E-state index in [-0.39, 0.29) is 5.41 Å². The standard InChI is InChI=1S/C15H24O/c1-11-9-13(3,16)15-7-4-6-14(15,10-11)12(2)5-8-15/h12,16H,1,4-10H2,2-3H3/t12?,13?,14-,15-/m0/s1. The monoisotopic (exact) mass is 220 g/mol. The summed E-state index contributed by atoms with van der Waals surface area (Å²) in [6.45, 7) is 8.68. The molecule has 3 saturated carbocycles. The molecule has 0 spiro atoms. The summed E-state index contributed by atoms with van der Waals surface area (Å²) in [5.74, 6) is 0.776. The summed E-state index contributed by atoms with van der Waals surface area (Å²) in [4.78, 5) is 0. The summed E-state index contributed by atoms with van der Waals surface area (Å²) in [6, 6.07) is 0. The van der Waals surface area contributed by atoms with Crippen LogP contribution < -0.4 is 0 Å². The fourth-order valence-corrected chi connectivity index (χ4v) is 5.70. The molecule has 3 rings (SSSR count). The summed E-state index contributed by atoms with van der Waals surface area (Å²) in [6.07, 6.45) is 8.46. The highest BCUT2D eigenvalue weighted by Crippen LogP contribution is 2.74. The van der Waals surface area contributed by atoms with Crippen molar-refractivity contribution in [3.63, 3.8) is 0 Å². The molecule has 1 heteroatoms. The van der Waals surface area contributed by atoms with Gasteiger partial charge in [0.05, 0.1) is 5.60 Å². The molecule has 0 radical (unpaired) electrons. The van der Waals surface area contributed by atoms with Gasteiger partial charge in [-0.15, -0.1) is 0 Å². The number of aliphatic hydroxyl groups is 1. The molecule has 90 valence electrons. The van der Waals surface area contributed by atoms with Crippen molar-refractivity contribution in [2.24, 2.45) is 16.7 Å². The van der Waals surface area contributed by atoms with Crippen molar-refractivity contribution >= 4 is 0 Å². The zero-order chi connectivity index (χ0) is 11.6. The van der Waals surface area contributed by atoms with E-state index in [1.807, 2.05) is 0 Å². The van der Waals surface area contributed by atoms with E-state index in [0.717, 1.165) is 12.3 Å². The Morgan fingerprint density at radius 1 is 1.25 bits per heavy atom. The Labute approximate surface area is 98.9 Å². The molecule has 0 heterocycles. The van der Waals surface area contributed by atoms with Gasteiger partial charge in [0.15, 0.2) is 0 Å². The van der Waals surface area contributed by atoms with Crippen LogP contribution in [0.2, 0.25) is 0 Å². The van der Waals surface area contributed by atoms with E-state index in [4.69, 9.17) is 0 Å². The zero-order valence-electron chi connectivity index (χ0n) is 10.7. The lowest BCUT2D eigenvalue weighted by molar-refractivity contribution is -0.140. The minimum atomic E-state index is -0.496. The molecular formula is C15H24O. The van der Waals surface area contributed by atoms with Crippen LogP contribution in [0, 0.1) is 16.7 Å². The van der Waals surface area contributed by atoms with Crippen LogP contribution in [0.15, 0.2) is 12.2 Å². The first kappa shape index (κ1) is 10.8.